The van der Waals surface area contributed by atoms with E-state index in [4.69, 9.17) is 0 Å². The van der Waals surface area contributed by atoms with E-state index in [1.165, 1.54) is 0 Å². The molecule has 5 nitrogen and oxygen atoms in total. The number of anilines is 1. The summed E-state index contributed by atoms with van der Waals surface area (Å²) in [6.07, 6.45) is 6.42. The van der Waals surface area contributed by atoms with Crippen LogP contribution in [0.1, 0.15) is 24.5 Å². The van der Waals surface area contributed by atoms with Crippen LogP contribution in [0, 0.1) is 6.92 Å². The molecule has 0 aliphatic carbocycles. The number of carbonyl (C=O) groups excluding carboxylic acids is 1. The SMILES string of the molecule is CCn1ncc(C)c1NC(=O)CCc1ccncc1. The fourth-order valence-corrected chi connectivity index (χ4v) is 1.88. The Morgan fingerprint density at radius 2 is 2.11 bits per heavy atom. The van der Waals surface area contributed by atoms with Gasteiger partial charge in [0.05, 0.1) is 6.20 Å². The van der Waals surface area contributed by atoms with Crippen molar-refractivity contribution in [1.29, 1.82) is 0 Å². The lowest BCUT2D eigenvalue weighted by Gasteiger charge is -2.08. The fraction of sp³-hybridized carbons (Fsp3) is 0.357. The smallest absolute Gasteiger partial charge is 0.225 e. The van der Waals surface area contributed by atoms with Crippen LogP contribution in [0.15, 0.2) is 30.7 Å². The summed E-state index contributed by atoms with van der Waals surface area (Å²) in [7, 11) is 0. The highest BCUT2D eigenvalue weighted by Gasteiger charge is 2.10. The van der Waals surface area contributed by atoms with E-state index in [0.29, 0.717) is 12.8 Å². The molecule has 5 heteroatoms. The average molecular weight is 258 g/mol. The fourth-order valence-electron chi connectivity index (χ4n) is 1.88. The van der Waals surface area contributed by atoms with Crippen LogP contribution in [0.5, 0.6) is 0 Å². The molecule has 0 atom stereocenters. The first kappa shape index (κ1) is 13.3. The number of nitrogens with zero attached hydrogens (tertiary/aromatic N) is 3. The number of pyridine rings is 1. The summed E-state index contributed by atoms with van der Waals surface area (Å²) in [5.74, 6) is 0.803. The van der Waals surface area contributed by atoms with Crippen molar-refractivity contribution in [3.05, 3.63) is 41.9 Å². The molecule has 100 valence electrons. The molecule has 2 aromatic heterocycles. The Labute approximate surface area is 112 Å². The van der Waals surface area contributed by atoms with Gasteiger partial charge < -0.3 is 5.32 Å². The molecular formula is C14H18N4O. The quantitative estimate of drug-likeness (QED) is 0.894. The maximum Gasteiger partial charge on any atom is 0.225 e. The Hall–Kier alpha value is -2.17. The van der Waals surface area contributed by atoms with Gasteiger partial charge in [-0.25, -0.2) is 4.68 Å². The summed E-state index contributed by atoms with van der Waals surface area (Å²) < 4.78 is 1.79. The predicted molar refractivity (Wildman–Crippen MR) is 73.8 cm³/mol. The molecule has 0 aliphatic rings. The van der Waals surface area contributed by atoms with Crippen LogP contribution in [-0.2, 0) is 17.8 Å². The van der Waals surface area contributed by atoms with E-state index in [9.17, 15) is 4.79 Å². The van der Waals surface area contributed by atoms with Gasteiger partial charge in [0, 0.05) is 30.9 Å². The highest BCUT2D eigenvalue weighted by molar-refractivity contribution is 5.90. The van der Waals surface area contributed by atoms with E-state index < -0.39 is 0 Å². The number of nitrogens with one attached hydrogen (secondary N) is 1. The first-order valence-corrected chi connectivity index (χ1v) is 6.42. The molecular weight excluding hydrogens is 240 g/mol. The van der Waals surface area contributed by atoms with Crippen molar-refractivity contribution in [3.8, 4) is 0 Å². The summed E-state index contributed by atoms with van der Waals surface area (Å²) >= 11 is 0. The third kappa shape index (κ3) is 3.40. The molecule has 0 bridgehead atoms. The Morgan fingerprint density at radius 1 is 1.37 bits per heavy atom. The molecule has 1 amide bonds. The number of aromatic nitrogens is 3. The molecule has 0 aromatic carbocycles. The minimum absolute atomic E-state index is 0.00936. The second-order valence-electron chi connectivity index (χ2n) is 4.40. The minimum Gasteiger partial charge on any atom is -0.311 e. The van der Waals surface area contributed by atoms with Crippen LogP contribution in [0.2, 0.25) is 0 Å². The molecule has 1 N–H and O–H groups in total. The Balaban J connectivity index is 1.93. The zero-order chi connectivity index (χ0) is 13.7. The van der Waals surface area contributed by atoms with Gasteiger partial charge in [0.15, 0.2) is 0 Å². The third-order valence-corrected chi connectivity index (χ3v) is 2.97. The van der Waals surface area contributed by atoms with Crippen molar-refractivity contribution in [3.63, 3.8) is 0 Å². The summed E-state index contributed by atoms with van der Waals surface area (Å²) in [5, 5.41) is 7.13. The molecule has 19 heavy (non-hydrogen) atoms. The van der Waals surface area contributed by atoms with Gasteiger partial charge in [-0.3, -0.25) is 9.78 Å². The van der Waals surface area contributed by atoms with E-state index >= 15 is 0 Å². The van der Waals surface area contributed by atoms with E-state index in [1.54, 1.807) is 23.3 Å². The summed E-state index contributed by atoms with van der Waals surface area (Å²) in [6, 6.07) is 3.85. The van der Waals surface area contributed by atoms with Crippen LogP contribution in [0.4, 0.5) is 5.82 Å². The van der Waals surface area contributed by atoms with Gasteiger partial charge in [-0.1, -0.05) is 0 Å². The lowest BCUT2D eigenvalue weighted by atomic mass is 10.1. The summed E-state index contributed by atoms with van der Waals surface area (Å²) in [5.41, 5.74) is 2.10. The van der Waals surface area contributed by atoms with E-state index in [-0.39, 0.29) is 5.91 Å². The van der Waals surface area contributed by atoms with Crippen LogP contribution in [0.25, 0.3) is 0 Å². The first-order valence-electron chi connectivity index (χ1n) is 6.42. The molecule has 2 heterocycles. The largest absolute Gasteiger partial charge is 0.311 e. The minimum atomic E-state index is 0.00936. The Kier molecular flexibility index (Phi) is 4.28. The first-order chi connectivity index (χ1) is 9.20. The van der Waals surface area contributed by atoms with Gasteiger partial charge in [0.1, 0.15) is 5.82 Å². The van der Waals surface area contributed by atoms with Crippen molar-refractivity contribution in [2.75, 3.05) is 5.32 Å². The topological polar surface area (TPSA) is 59.8 Å². The van der Waals surface area contributed by atoms with Crippen LogP contribution in [-0.4, -0.2) is 20.7 Å². The maximum atomic E-state index is 11.9. The predicted octanol–water partition coefficient (Wildman–Crippen LogP) is 2.18. The van der Waals surface area contributed by atoms with Gasteiger partial charge in [-0.05, 0) is 38.0 Å². The normalized spacial score (nSPS) is 10.4. The molecule has 0 fully saturated rings. The van der Waals surface area contributed by atoms with Crippen molar-refractivity contribution >= 4 is 11.7 Å². The third-order valence-electron chi connectivity index (χ3n) is 2.97. The lowest BCUT2D eigenvalue weighted by Crippen LogP contribution is -2.16. The average Bonchev–Trinajstić information content (AvgIpc) is 2.78. The molecule has 2 aromatic rings. The molecule has 2 rings (SSSR count). The van der Waals surface area contributed by atoms with Gasteiger partial charge in [-0.2, -0.15) is 5.10 Å². The zero-order valence-corrected chi connectivity index (χ0v) is 11.3. The summed E-state index contributed by atoms with van der Waals surface area (Å²) in [6.45, 7) is 4.69. The number of hydrogen-bond donors (Lipinski definition) is 1. The number of amides is 1. The van der Waals surface area contributed by atoms with Gasteiger partial charge >= 0.3 is 0 Å². The van der Waals surface area contributed by atoms with Gasteiger partial charge in [0.2, 0.25) is 5.91 Å². The lowest BCUT2D eigenvalue weighted by molar-refractivity contribution is -0.116. The number of carbonyl (C=O) groups is 1. The van der Waals surface area contributed by atoms with Crippen molar-refractivity contribution in [1.82, 2.24) is 14.8 Å². The van der Waals surface area contributed by atoms with Crippen LogP contribution in [0.3, 0.4) is 0 Å². The molecule has 0 saturated heterocycles. The number of rotatable bonds is 5. The monoisotopic (exact) mass is 258 g/mol. The highest BCUT2D eigenvalue weighted by atomic mass is 16.1. The second-order valence-corrected chi connectivity index (χ2v) is 4.40. The second kappa shape index (κ2) is 6.13. The Bertz CT molecular complexity index is 548. The van der Waals surface area contributed by atoms with Gasteiger partial charge in [-0.15, -0.1) is 0 Å². The molecule has 0 saturated carbocycles. The zero-order valence-electron chi connectivity index (χ0n) is 11.3. The van der Waals surface area contributed by atoms with Crippen molar-refractivity contribution < 1.29 is 4.79 Å². The highest BCUT2D eigenvalue weighted by Crippen LogP contribution is 2.14. The van der Waals surface area contributed by atoms with E-state index in [2.05, 4.69) is 15.4 Å². The van der Waals surface area contributed by atoms with Crippen LogP contribution < -0.4 is 5.32 Å². The van der Waals surface area contributed by atoms with Crippen molar-refractivity contribution in [2.45, 2.75) is 33.2 Å². The molecule has 0 spiro atoms. The summed E-state index contributed by atoms with van der Waals surface area (Å²) in [4.78, 5) is 15.9. The number of aryl methyl sites for hydroxylation is 3. The van der Waals surface area contributed by atoms with E-state index in [1.807, 2.05) is 26.0 Å². The molecule has 0 unspecified atom stereocenters. The number of hydrogen-bond acceptors (Lipinski definition) is 3. The molecule has 0 radical (unpaired) electrons. The van der Waals surface area contributed by atoms with Crippen LogP contribution >= 0.6 is 0 Å². The van der Waals surface area contributed by atoms with Crippen molar-refractivity contribution in [2.24, 2.45) is 0 Å². The maximum absolute atomic E-state index is 11.9. The molecule has 0 aliphatic heterocycles. The standard InChI is InChI=1S/C14H18N4O/c1-3-18-14(11(2)10-16-18)17-13(19)5-4-12-6-8-15-9-7-12/h6-10H,3-5H2,1-2H3,(H,17,19). The Morgan fingerprint density at radius 3 is 2.79 bits per heavy atom. The van der Waals surface area contributed by atoms with Gasteiger partial charge in [0.25, 0.3) is 0 Å². The van der Waals surface area contributed by atoms with E-state index in [0.717, 1.165) is 23.5 Å².